The van der Waals surface area contributed by atoms with Crippen molar-refractivity contribution in [3.05, 3.63) is 54.1 Å². The van der Waals surface area contributed by atoms with Crippen molar-refractivity contribution in [1.29, 1.82) is 0 Å². The lowest BCUT2D eigenvalue weighted by Crippen LogP contribution is -2.45. The predicted molar refractivity (Wildman–Crippen MR) is 162 cm³/mol. The highest BCUT2D eigenvalue weighted by Gasteiger charge is 2.44. The van der Waals surface area contributed by atoms with E-state index in [0.29, 0.717) is 41.0 Å². The monoisotopic (exact) mass is 581 g/mol. The van der Waals surface area contributed by atoms with Crippen LogP contribution in [0.3, 0.4) is 0 Å². The molecule has 2 aromatic rings. The summed E-state index contributed by atoms with van der Waals surface area (Å²) in [5, 5.41) is 3.25. The van der Waals surface area contributed by atoms with Gasteiger partial charge in [0.1, 0.15) is 11.8 Å². The summed E-state index contributed by atoms with van der Waals surface area (Å²) < 4.78 is 10.6. The Morgan fingerprint density at radius 2 is 1.63 bits per heavy atom. The van der Waals surface area contributed by atoms with Crippen LogP contribution in [0.25, 0.3) is 0 Å². The standard InChI is InChI=1S/C30H39N5O5S/c1-4-39-25-13-11-24(12-14-25)35-28(37)26(34(30(35)41)16-6-15-33-19-17-32(3)18-20-33)21-27(36)31-23-9-7-22(8-10-23)29(38)40-5-2/h7-14,26H,4-6,15-21H2,1-3H3,(H,31,36)/t26-/m0/s1. The first-order valence-corrected chi connectivity index (χ1v) is 14.6. The molecule has 11 heteroatoms. The zero-order valence-electron chi connectivity index (χ0n) is 24.0. The van der Waals surface area contributed by atoms with Gasteiger partial charge >= 0.3 is 5.97 Å². The fourth-order valence-electron chi connectivity index (χ4n) is 5.01. The summed E-state index contributed by atoms with van der Waals surface area (Å²) >= 11 is 5.81. The molecule has 41 heavy (non-hydrogen) atoms. The molecule has 2 saturated heterocycles. The van der Waals surface area contributed by atoms with Gasteiger partial charge in [-0.1, -0.05) is 0 Å². The fraction of sp³-hybridized carbons (Fsp3) is 0.467. The second-order valence-corrected chi connectivity index (χ2v) is 10.5. The minimum absolute atomic E-state index is 0.0549. The Bertz CT molecular complexity index is 1210. The van der Waals surface area contributed by atoms with Gasteiger partial charge in [-0.3, -0.25) is 14.5 Å². The maximum atomic E-state index is 13.7. The van der Waals surface area contributed by atoms with E-state index in [4.69, 9.17) is 21.7 Å². The van der Waals surface area contributed by atoms with Gasteiger partial charge in [0.2, 0.25) is 5.91 Å². The van der Waals surface area contributed by atoms with Crippen molar-refractivity contribution in [2.24, 2.45) is 0 Å². The number of benzene rings is 2. The first kappa shape index (κ1) is 30.4. The summed E-state index contributed by atoms with van der Waals surface area (Å²) in [6.07, 6.45) is 0.766. The number of amides is 2. The molecule has 2 aliphatic heterocycles. The van der Waals surface area contributed by atoms with Gasteiger partial charge in [0.05, 0.1) is 30.9 Å². The van der Waals surface area contributed by atoms with Gasteiger partial charge in [-0.15, -0.1) is 0 Å². The van der Waals surface area contributed by atoms with Crippen LogP contribution in [0.15, 0.2) is 48.5 Å². The van der Waals surface area contributed by atoms with Crippen LogP contribution in [0.4, 0.5) is 11.4 Å². The van der Waals surface area contributed by atoms with Crippen LogP contribution in [-0.4, -0.2) is 103 Å². The number of hydrogen-bond donors (Lipinski definition) is 1. The summed E-state index contributed by atoms with van der Waals surface area (Å²) in [6.45, 7) is 10.1. The second-order valence-electron chi connectivity index (χ2n) is 10.1. The predicted octanol–water partition coefficient (Wildman–Crippen LogP) is 3.23. The number of esters is 1. The number of likely N-dealkylation sites (N-methyl/N-ethyl adjacent to an activating group) is 1. The number of piperazine rings is 1. The van der Waals surface area contributed by atoms with Crippen molar-refractivity contribution in [2.45, 2.75) is 32.7 Å². The number of nitrogens with one attached hydrogen (secondary N) is 1. The van der Waals surface area contributed by atoms with E-state index in [0.717, 1.165) is 39.1 Å². The number of nitrogens with zero attached hydrogens (tertiary/aromatic N) is 4. The molecule has 4 rings (SSSR count). The van der Waals surface area contributed by atoms with E-state index in [2.05, 4.69) is 22.2 Å². The number of ether oxygens (including phenoxy) is 2. The van der Waals surface area contributed by atoms with E-state index >= 15 is 0 Å². The molecule has 220 valence electrons. The Morgan fingerprint density at radius 1 is 0.951 bits per heavy atom. The van der Waals surface area contributed by atoms with Crippen molar-refractivity contribution in [2.75, 3.05) is 69.7 Å². The molecule has 0 aliphatic carbocycles. The third-order valence-electron chi connectivity index (χ3n) is 7.25. The summed E-state index contributed by atoms with van der Waals surface area (Å²) in [6, 6.07) is 13.0. The van der Waals surface area contributed by atoms with Crippen LogP contribution in [0.1, 0.15) is 37.0 Å². The third-order valence-corrected chi connectivity index (χ3v) is 7.67. The van der Waals surface area contributed by atoms with Gasteiger partial charge in [-0.25, -0.2) is 4.79 Å². The Labute approximate surface area is 247 Å². The highest BCUT2D eigenvalue weighted by atomic mass is 32.1. The molecule has 2 amide bonds. The van der Waals surface area contributed by atoms with Crippen LogP contribution in [0.5, 0.6) is 5.75 Å². The fourth-order valence-corrected chi connectivity index (χ4v) is 5.42. The van der Waals surface area contributed by atoms with E-state index < -0.39 is 12.0 Å². The number of carbonyl (C=O) groups is 3. The number of rotatable bonds is 12. The first-order valence-electron chi connectivity index (χ1n) is 14.2. The number of anilines is 2. The molecule has 0 spiro atoms. The summed E-state index contributed by atoms with van der Waals surface area (Å²) in [5.74, 6) is -0.251. The molecule has 2 fully saturated rings. The highest BCUT2D eigenvalue weighted by Crippen LogP contribution is 2.29. The molecular weight excluding hydrogens is 542 g/mol. The summed E-state index contributed by atoms with van der Waals surface area (Å²) in [7, 11) is 2.13. The van der Waals surface area contributed by atoms with E-state index in [1.54, 1.807) is 31.2 Å². The minimum Gasteiger partial charge on any atom is -0.494 e. The maximum absolute atomic E-state index is 13.7. The van der Waals surface area contributed by atoms with Crippen LogP contribution in [-0.2, 0) is 14.3 Å². The van der Waals surface area contributed by atoms with Gasteiger partial charge in [0, 0.05) is 38.4 Å². The second kappa shape index (κ2) is 14.4. The molecular formula is C30H39N5O5S. The maximum Gasteiger partial charge on any atom is 0.338 e. The molecule has 0 saturated carbocycles. The number of carbonyl (C=O) groups excluding carboxylic acids is 3. The molecule has 2 aromatic carbocycles. The molecule has 0 unspecified atom stereocenters. The highest BCUT2D eigenvalue weighted by molar-refractivity contribution is 7.80. The third kappa shape index (κ3) is 7.81. The summed E-state index contributed by atoms with van der Waals surface area (Å²) in [5.41, 5.74) is 1.57. The van der Waals surface area contributed by atoms with Crippen LogP contribution < -0.4 is 15.0 Å². The number of hydrogen-bond acceptors (Lipinski definition) is 8. The average Bonchev–Trinajstić information content (AvgIpc) is 3.19. The molecule has 1 atom stereocenters. The smallest absolute Gasteiger partial charge is 0.338 e. The Morgan fingerprint density at radius 3 is 2.27 bits per heavy atom. The largest absolute Gasteiger partial charge is 0.494 e. The van der Waals surface area contributed by atoms with Gasteiger partial charge in [-0.2, -0.15) is 0 Å². The first-order chi connectivity index (χ1) is 19.8. The van der Waals surface area contributed by atoms with Crippen molar-refractivity contribution < 1.29 is 23.9 Å². The van der Waals surface area contributed by atoms with E-state index in [1.807, 2.05) is 36.1 Å². The Balaban J connectivity index is 1.45. The molecule has 10 nitrogen and oxygen atoms in total. The van der Waals surface area contributed by atoms with Crippen molar-refractivity contribution in [3.8, 4) is 5.75 Å². The molecule has 0 radical (unpaired) electrons. The molecule has 0 bridgehead atoms. The lowest BCUT2D eigenvalue weighted by Gasteiger charge is -2.33. The topological polar surface area (TPSA) is 94.7 Å². The van der Waals surface area contributed by atoms with Crippen molar-refractivity contribution in [1.82, 2.24) is 14.7 Å². The van der Waals surface area contributed by atoms with E-state index in [1.165, 1.54) is 4.90 Å². The van der Waals surface area contributed by atoms with Gasteiger partial charge in [0.15, 0.2) is 5.11 Å². The zero-order chi connectivity index (χ0) is 29.4. The average molecular weight is 582 g/mol. The van der Waals surface area contributed by atoms with Gasteiger partial charge in [-0.05, 0) is 94.6 Å². The van der Waals surface area contributed by atoms with Crippen molar-refractivity contribution in [3.63, 3.8) is 0 Å². The van der Waals surface area contributed by atoms with Gasteiger partial charge < -0.3 is 29.5 Å². The Hall–Kier alpha value is -3.54. The minimum atomic E-state index is -0.722. The molecule has 2 heterocycles. The molecule has 0 aromatic heterocycles. The van der Waals surface area contributed by atoms with Crippen LogP contribution >= 0.6 is 12.2 Å². The Kier molecular flexibility index (Phi) is 10.7. The normalized spacial score (nSPS) is 18.1. The molecule has 1 N–H and O–H groups in total. The van der Waals surface area contributed by atoms with E-state index in [-0.39, 0.29) is 24.8 Å². The number of thiocarbonyl (C=S) groups is 1. The molecule has 2 aliphatic rings. The lowest BCUT2D eigenvalue weighted by atomic mass is 10.1. The zero-order valence-corrected chi connectivity index (χ0v) is 24.8. The van der Waals surface area contributed by atoms with Crippen molar-refractivity contribution >= 4 is 46.5 Å². The SMILES string of the molecule is CCOC(=O)c1ccc(NC(=O)C[C@H]2C(=O)N(c3ccc(OCC)cc3)C(=S)N2CCCN2CCN(C)CC2)cc1. The van der Waals surface area contributed by atoms with Crippen LogP contribution in [0, 0.1) is 0 Å². The van der Waals surface area contributed by atoms with Gasteiger partial charge in [0.25, 0.3) is 5.91 Å². The summed E-state index contributed by atoms with van der Waals surface area (Å²) in [4.78, 5) is 46.9. The van der Waals surface area contributed by atoms with Crippen LogP contribution in [0.2, 0.25) is 0 Å². The quantitative estimate of drug-likeness (QED) is 0.300. The van der Waals surface area contributed by atoms with E-state index in [9.17, 15) is 14.4 Å². The lowest BCUT2D eigenvalue weighted by molar-refractivity contribution is -0.124.